The molecule has 2 heterocycles. The fourth-order valence-corrected chi connectivity index (χ4v) is 3.27. The van der Waals surface area contributed by atoms with Crippen molar-refractivity contribution in [2.75, 3.05) is 6.61 Å². The van der Waals surface area contributed by atoms with Gasteiger partial charge >= 0.3 is 0 Å². The number of aromatic nitrogens is 2. The summed E-state index contributed by atoms with van der Waals surface area (Å²) in [5, 5.41) is 3.11. The number of hydrogen-bond donors (Lipinski definition) is 1. The predicted octanol–water partition coefficient (Wildman–Crippen LogP) is 3.09. The summed E-state index contributed by atoms with van der Waals surface area (Å²) >= 11 is 0. The van der Waals surface area contributed by atoms with Crippen LogP contribution in [0.25, 0.3) is 0 Å². The number of nitrogens with zero attached hydrogens (tertiary/aromatic N) is 2. The number of carbonyl (C=O) groups is 1. The summed E-state index contributed by atoms with van der Waals surface area (Å²) in [6, 6.07) is 6.42. The van der Waals surface area contributed by atoms with E-state index in [1.165, 1.54) is 12.1 Å². The van der Waals surface area contributed by atoms with E-state index in [9.17, 15) is 9.18 Å². The molecule has 1 saturated heterocycles. The molecule has 0 radical (unpaired) electrons. The van der Waals surface area contributed by atoms with E-state index in [1.54, 1.807) is 18.3 Å². The van der Waals surface area contributed by atoms with Crippen molar-refractivity contribution >= 4 is 5.91 Å². The second-order valence-electron chi connectivity index (χ2n) is 6.70. The Bertz CT molecular complexity index is 714. The van der Waals surface area contributed by atoms with Crippen LogP contribution in [0.2, 0.25) is 0 Å². The van der Waals surface area contributed by atoms with Gasteiger partial charge in [-0.2, -0.15) is 0 Å². The van der Waals surface area contributed by atoms with Crippen LogP contribution in [0, 0.1) is 5.82 Å². The lowest BCUT2D eigenvalue weighted by Gasteiger charge is -2.30. The van der Waals surface area contributed by atoms with E-state index in [0.29, 0.717) is 13.0 Å². The van der Waals surface area contributed by atoms with Gasteiger partial charge in [-0.25, -0.2) is 9.37 Å². The maximum absolute atomic E-state index is 13.0. The van der Waals surface area contributed by atoms with Gasteiger partial charge in [-0.1, -0.05) is 19.1 Å². The first-order valence-electron chi connectivity index (χ1n) is 8.66. The van der Waals surface area contributed by atoms with Crippen LogP contribution in [-0.2, 0) is 16.6 Å². The molecule has 2 aromatic rings. The van der Waals surface area contributed by atoms with E-state index in [2.05, 4.69) is 10.3 Å². The topological polar surface area (TPSA) is 56.1 Å². The Balaban J connectivity index is 1.53. The minimum Gasteiger partial charge on any atom is -0.370 e. The van der Waals surface area contributed by atoms with Crippen LogP contribution < -0.4 is 5.32 Å². The molecule has 0 aliphatic carbocycles. The summed E-state index contributed by atoms with van der Waals surface area (Å²) in [5.74, 6) is 0.689. The van der Waals surface area contributed by atoms with Crippen molar-refractivity contribution in [3.8, 4) is 0 Å². The number of benzene rings is 1. The van der Waals surface area contributed by atoms with Gasteiger partial charge in [0.05, 0.1) is 0 Å². The SMILES string of the molecule is C[C@H](CC(=O)N[C@@H]1CCO[C@@H](c2nccn2C)C1)c1ccc(F)cc1. The molecule has 1 amide bonds. The standard InChI is InChI=1S/C19H24FN3O2/c1-13(14-3-5-15(20)6-4-14)11-18(24)22-16-7-10-25-17(12-16)19-21-8-9-23(19)2/h3-6,8-9,13,16-17H,7,10-12H2,1-2H3,(H,22,24)/t13-,16-,17-/m1/s1. The molecule has 0 saturated carbocycles. The van der Waals surface area contributed by atoms with E-state index in [4.69, 9.17) is 4.74 Å². The maximum Gasteiger partial charge on any atom is 0.220 e. The zero-order valence-corrected chi connectivity index (χ0v) is 14.6. The van der Waals surface area contributed by atoms with Crippen LogP contribution in [0.1, 0.15) is 49.6 Å². The molecule has 25 heavy (non-hydrogen) atoms. The molecule has 3 atom stereocenters. The zero-order chi connectivity index (χ0) is 17.8. The molecule has 5 nitrogen and oxygen atoms in total. The van der Waals surface area contributed by atoms with Crippen LogP contribution in [0.15, 0.2) is 36.7 Å². The summed E-state index contributed by atoms with van der Waals surface area (Å²) in [7, 11) is 1.94. The average molecular weight is 345 g/mol. The number of hydrogen-bond acceptors (Lipinski definition) is 3. The number of rotatable bonds is 5. The van der Waals surface area contributed by atoms with Crippen molar-refractivity contribution in [2.45, 2.75) is 44.2 Å². The average Bonchev–Trinajstić information content (AvgIpc) is 3.01. The van der Waals surface area contributed by atoms with Gasteiger partial charge in [0.1, 0.15) is 17.7 Å². The largest absolute Gasteiger partial charge is 0.370 e. The Hall–Kier alpha value is -2.21. The summed E-state index contributed by atoms with van der Waals surface area (Å²) < 4.78 is 20.8. The van der Waals surface area contributed by atoms with E-state index < -0.39 is 0 Å². The van der Waals surface area contributed by atoms with Crippen molar-refractivity contribution < 1.29 is 13.9 Å². The Kier molecular flexibility index (Phi) is 5.48. The number of nitrogens with one attached hydrogen (secondary N) is 1. The number of carbonyl (C=O) groups excluding carboxylic acids is 1. The van der Waals surface area contributed by atoms with Crippen molar-refractivity contribution in [3.63, 3.8) is 0 Å². The summed E-state index contributed by atoms with van der Waals surface area (Å²) in [6.07, 6.45) is 5.47. The predicted molar refractivity (Wildman–Crippen MR) is 92.5 cm³/mol. The highest BCUT2D eigenvalue weighted by molar-refractivity contribution is 5.77. The van der Waals surface area contributed by atoms with Gasteiger partial charge in [-0.05, 0) is 30.0 Å². The molecule has 6 heteroatoms. The summed E-state index contributed by atoms with van der Waals surface area (Å²) in [6.45, 7) is 2.59. The van der Waals surface area contributed by atoms with Gasteiger partial charge in [0, 0.05) is 44.9 Å². The number of amides is 1. The summed E-state index contributed by atoms with van der Waals surface area (Å²) in [4.78, 5) is 16.7. The van der Waals surface area contributed by atoms with Crippen LogP contribution in [0.5, 0.6) is 0 Å². The van der Waals surface area contributed by atoms with Crippen LogP contribution in [-0.4, -0.2) is 28.1 Å². The van der Waals surface area contributed by atoms with Crippen molar-refractivity contribution in [2.24, 2.45) is 7.05 Å². The Labute approximate surface area is 147 Å². The molecular weight excluding hydrogens is 321 g/mol. The molecule has 0 bridgehead atoms. The van der Waals surface area contributed by atoms with Crippen molar-refractivity contribution in [3.05, 3.63) is 53.9 Å². The molecule has 0 spiro atoms. The minimum absolute atomic E-state index is 0.0160. The minimum atomic E-state index is -0.261. The van der Waals surface area contributed by atoms with Crippen LogP contribution in [0.4, 0.5) is 4.39 Å². The smallest absolute Gasteiger partial charge is 0.220 e. The molecule has 1 aromatic heterocycles. The van der Waals surface area contributed by atoms with Gasteiger partial charge in [0.2, 0.25) is 5.91 Å². The van der Waals surface area contributed by atoms with E-state index in [0.717, 1.165) is 24.2 Å². The normalized spacial score (nSPS) is 21.7. The first kappa shape index (κ1) is 17.6. The molecule has 1 aliphatic heterocycles. The molecule has 134 valence electrons. The van der Waals surface area contributed by atoms with Crippen molar-refractivity contribution in [1.29, 1.82) is 0 Å². The molecule has 1 aromatic carbocycles. The lowest BCUT2D eigenvalue weighted by Crippen LogP contribution is -2.40. The molecule has 0 unspecified atom stereocenters. The third kappa shape index (κ3) is 4.45. The second-order valence-corrected chi connectivity index (χ2v) is 6.70. The van der Waals surface area contributed by atoms with Gasteiger partial charge < -0.3 is 14.6 Å². The second kappa shape index (κ2) is 7.78. The van der Waals surface area contributed by atoms with Gasteiger partial charge in [-0.3, -0.25) is 4.79 Å². The van der Waals surface area contributed by atoms with E-state index in [-0.39, 0.29) is 29.8 Å². The Morgan fingerprint density at radius 1 is 1.44 bits per heavy atom. The molecule has 1 N–H and O–H groups in total. The third-order valence-corrected chi connectivity index (χ3v) is 4.73. The summed E-state index contributed by atoms with van der Waals surface area (Å²) in [5.41, 5.74) is 0.967. The van der Waals surface area contributed by atoms with Crippen molar-refractivity contribution in [1.82, 2.24) is 14.9 Å². The number of ether oxygens (including phenoxy) is 1. The number of halogens is 1. The zero-order valence-electron chi connectivity index (χ0n) is 14.6. The van der Waals surface area contributed by atoms with Gasteiger partial charge in [0.25, 0.3) is 0 Å². The first-order chi connectivity index (χ1) is 12.0. The number of imidazole rings is 1. The van der Waals surface area contributed by atoms with Gasteiger partial charge in [-0.15, -0.1) is 0 Å². The lowest BCUT2D eigenvalue weighted by atomic mass is 9.96. The van der Waals surface area contributed by atoms with Crippen LogP contribution >= 0.6 is 0 Å². The fraction of sp³-hybridized carbons (Fsp3) is 0.474. The van der Waals surface area contributed by atoms with Gasteiger partial charge in [0.15, 0.2) is 0 Å². The van der Waals surface area contributed by atoms with E-state index in [1.807, 2.05) is 24.7 Å². The maximum atomic E-state index is 13.0. The highest BCUT2D eigenvalue weighted by atomic mass is 19.1. The Morgan fingerprint density at radius 3 is 2.88 bits per heavy atom. The lowest BCUT2D eigenvalue weighted by molar-refractivity contribution is -0.123. The first-order valence-corrected chi connectivity index (χ1v) is 8.66. The molecule has 1 aliphatic rings. The monoisotopic (exact) mass is 345 g/mol. The quantitative estimate of drug-likeness (QED) is 0.906. The van der Waals surface area contributed by atoms with Crippen LogP contribution in [0.3, 0.4) is 0 Å². The molecule has 1 fully saturated rings. The fourth-order valence-electron chi connectivity index (χ4n) is 3.27. The molecular formula is C19H24FN3O2. The highest BCUT2D eigenvalue weighted by Crippen LogP contribution is 2.27. The highest BCUT2D eigenvalue weighted by Gasteiger charge is 2.27. The third-order valence-electron chi connectivity index (χ3n) is 4.73. The van der Waals surface area contributed by atoms with E-state index >= 15 is 0 Å². The Morgan fingerprint density at radius 2 is 2.20 bits per heavy atom. The number of aryl methyl sites for hydroxylation is 1. The molecule has 3 rings (SSSR count).